The molecule has 0 spiro atoms. The minimum absolute atomic E-state index is 0.0750. The van der Waals surface area contributed by atoms with Gasteiger partial charge in [0, 0.05) is 42.2 Å². The van der Waals surface area contributed by atoms with E-state index in [0.717, 1.165) is 10.9 Å². The van der Waals surface area contributed by atoms with Crippen LogP contribution in [0.5, 0.6) is 0 Å². The first-order valence-corrected chi connectivity index (χ1v) is 10.2. The van der Waals surface area contributed by atoms with E-state index in [2.05, 4.69) is 5.32 Å². The fourth-order valence-electron chi connectivity index (χ4n) is 3.23. The standard InChI is InChI=1S/C18H22N2O5S/c1-3-26(23,24)20-8-6-13(7-9-20)18(22)19-14-4-5-15-12(2)10-17(21)25-16(15)11-14/h4-5,10-11,13H,3,6-9H2,1-2H3,(H,19,22). The highest BCUT2D eigenvalue weighted by molar-refractivity contribution is 7.89. The number of nitrogens with one attached hydrogen (secondary N) is 1. The second-order valence-corrected chi connectivity index (χ2v) is 8.78. The quantitative estimate of drug-likeness (QED) is 0.822. The van der Waals surface area contributed by atoms with Crippen LogP contribution in [0.4, 0.5) is 5.69 Å². The molecule has 7 nitrogen and oxygen atoms in total. The van der Waals surface area contributed by atoms with Crippen molar-refractivity contribution < 1.29 is 17.6 Å². The molecule has 2 aromatic rings. The van der Waals surface area contributed by atoms with Gasteiger partial charge >= 0.3 is 5.63 Å². The normalized spacial score (nSPS) is 16.7. The molecule has 1 amide bonds. The van der Waals surface area contributed by atoms with Crippen LogP contribution in [-0.2, 0) is 14.8 Å². The van der Waals surface area contributed by atoms with Gasteiger partial charge in [-0.1, -0.05) is 0 Å². The van der Waals surface area contributed by atoms with Gasteiger partial charge in [-0.25, -0.2) is 17.5 Å². The van der Waals surface area contributed by atoms with E-state index in [4.69, 9.17) is 4.42 Å². The molecule has 1 saturated heterocycles. The van der Waals surface area contributed by atoms with E-state index >= 15 is 0 Å². The fraction of sp³-hybridized carbons (Fsp3) is 0.444. The lowest BCUT2D eigenvalue weighted by molar-refractivity contribution is -0.120. The molecule has 2 heterocycles. The molecule has 1 aromatic heterocycles. The van der Waals surface area contributed by atoms with E-state index in [0.29, 0.717) is 37.2 Å². The van der Waals surface area contributed by atoms with Gasteiger partial charge in [-0.05, 0) is 44.4 Å². The van der Waals surface area contributed by atoms with Gasteiger partial charge in [0.1, 0.15) is 5.58 Å². The molecule has 0 radical (unpaired) electrons. The molecule has 0 bridgehead atoms. The number of sulfonamides is 1. The Kier molecular flexibility index (Phi) is 5.15. The number of piperidine rings is 1. The van der Waals surface area contributed by atoms with Gasteiger partial charge in [0.2, 0.25) is 15.9 Å². The van der Waals surface area contributed by atoms with Crippen LogP contribution in [0.25, 0.3) is 11.0 Å². The maximum atomic E-state index is 12.5. The zero-order valence-corrected chi connectivity index (χ0v) is 15.6. The molecule has 26 heavy (non-hydrogen) atoms. The molecule has 0 aliphatic carbocycles. The van der Waals surface area contributed by atoms with E-state index in [1.165, 1.54) is 10.4 Å². The Morgan fingerprint density at radius 3 is 2.62 bits per heavy atom. The molecule has 1 aromatic carbocycles. The minimum Gasteiger partial charge on any atom is -0.423 e. The third kappa shape index (κ3) is 3.81. The number of nitrogens with zero attached hydrogens (tertiary/aromatic N) is 1. The van der Waals surface area contributed by atoms with Crippen molar-refractivity contribution in [2.75, 3.05) is 24.2 Å². The van der Waals surface area contributed by atoms with E-state index in [1.807, 2.05) is 6.92 Å². The SMILES string of the molecule is CCS(=O)(=O)N1CCC(C(=O)Nc2ccc3c(C)cc(=O)oc3c2)CC1. The number of carbonyl (C=O) groups excluding carboxylic acids is 1. The number of rotatable bonds is 4. The number of benzene rings is 1. The Bertz CT molecular complexity index is 988. The number of amides is 1. The molecule has 0 unspecified atom stereocenters. The van der Waals surface area contributed by atoms with Crippen LogP contribution in [-0.4, -0.2) is 37.5 Å². The third-order valence-electron chi connectivity index (χ3n) is 4.80. The van der Waals surface area contributed by atoms with E-state index in [-0.39, 0.29) is 17.6 Å². The Balaban J connectivity index is 1.69. The summed E-state index contributed by atoms with van der Waals surface area (Å²) in [6, 6.07) is 6.64. The molecule has 0 saturated carbocycles. The van der Waals surface area contributed by atoms with Gasteiger partial charge < -0.3 is 9.73 Å². The summed E-state index contributed by atoms with van der Waals surface area (Å²) >= 11 is 0. The summed E-state index contributed by atoms with van der Waals surface area (Å²) in [5.41, 5.74) is 1.37. The molecule has 140 valence electrons. The Morgan fingerprint density at radius 1 is 1.27 bits per heavy atom. The van der Waals surface area contributed by atoms with Crippen molar-refractivity contribution in [1.82, 2.24) is 4.31 Å². The molecule has 0 atom stereocenters. The van der Waals surface area contributed by atoms with Crippen molar-refractivity contribution >= 4 is 32.6 Å². The zero-order chi connectivity index (χ0) is 18.9. The average molecular weight is 378 g/mol. The first kappa shape index (κ1) is 18.6. The van der Waals surface area contributed by atoms with Crippen LogP contribution in [0.3, 0.4) is 0 Å². The highest BCUT2D eigenvalue weighted by Crippen LogP contribution is 2.24. The predicted octanol–water partition coefficient (Wildman–Crippen LogP) is 2.10. The third-order valence-corrected chi connectivity index (χ3v) is 6.68. The lowest BCUT2D eigenvalue weighted by Crippen LogP contribution is -2.42. The molecule has 1 N–H and O–H groups in total. The smallest absolute Gasteiger partial charge is 0.336 e. The first-order chi connectivity index (χ1) is 12.3. The summed E-state index contributed by atoms with van der Waals surface area (Å²) in [6.45, 7) is 4.17. The second-order valence-electron chi connectivity index (χ2n) is 6.52. The number of hydrogen-bond acceptors (Lipinski definition) is 5. The van der Waals surface area contributed by atoms with Crippen LogP contribution in [0, 0.1) is 12.8 Å². The van der Waals surface area contributed by atoms with Crippen molar-refractivity contribution in [3.8, 4) is 0 Å². The number of anilines is 1. The van der Waals surface area contributed by atoms with Crippen LogP contribution in [0.15, 0.2) is 33.5 Å². The van der Waals surface area contributed by atoms with Gasteiger partial charge in [0.15, 0.2) is 0 Å². The highest BCUT2D eigenvalue weighted by Gasteiger charge is 2.30. The summed E-state index contributed by atoms with van der Waals surface area (Å²) in [6.07, 6.45) is 0.986. The van der Waals surface area contributed by atoms with Crippen molar-refractivity contribution in [3.05, 3.63) is 40.2 Å². The number of carbonyl (C=O) groups is 1. The molecule has 3 rings (SSSR count). The highest BCUT2D eigenvalue weighted by atomic mass is 32.2. The Morgan fingerprint density at radius 2 is 1.96 bits per heavy atom. The van der Waals surface area contributed by atoms with Gasteiger partial charge in [-0.3, -0.25) is 4.79 Å². The average Bonchev–Trinajstić information content (AvgIpc) is 2.61. The minimum atomic E-state index is -3.20. The van der Waals surface area contributed by atoms with E-state index in [1.54, 1.807) is 25.1 Å². The monoisotopic (exact) mass is 378 g/mol. The van der Waals surface area contributed by atoms with Crippen LogP contribution >= 0.6 is 0 Å². The van der Waals surface area contributed by atoms with Crippen LogP contribution < -0.4 is 10.9 Å². The maximum Gasteiger partial charge on any atom is 0.336 e. The second kappa shape index (κ2) is 7.20. The number of aryl methyl sites for hydroxylation is 1. The molecule has 1 aliphatic rings. The predicted molar refractivity (Wildman–Crippen MR) is 99.6 cm³/mol. The van der Waals surface area contributed by atoms with Crippen LogP contribution in [0.1, 0.15) is 25.3 Å². The number of fused-ring (bicyclic) bond motifs is 1. The topological polar surface area (TPSA) is 96.7 Å². The van der Waals surface area contributed by atoms with Crippen molar-refractivity contribution in [3.63, 3.8) is 0 Å². The lowest BCUT2D eigenvalue weighted by Gasteiger charge is -2.30. The Hall–Kier alpha value is -2.19. The van der Waals surface area contributed by atoms with Gasteiger partial charge in [0.25, 0.3) is 0 Å². The molecule has 8 heteroatoms. The fourth-order valence-corrected chi connectivity index (χ4v) is 4.36. The largest absolute Gasteiger partial charge is 0.423 e. The summed E-state index contributed by atoms with van der Waals surface area (Å²) in [5.74, 6) is -0.308. The van der Waals surface area contributed by atoms with Crippen LogP contribution in [0.2, 0.25) is 0 Å². The molecule has 1 aliphatic heterocycles. The van der Waals surface area contributed by atoms with Crippen molar-refractivity contribution in [2.45, 2.75) is 26.7 Å². The molecule has 1 fully saturated rings. The Labute approximate surface area is 152 Å². The first-order valence-electron chi connectivity index (χ1n) is 8.63. The van der Waals surface area contributed by atoms with Gasteiger partial charge in [-0.15, -0.1) is 0 Å². The van der Waals surface area contributed by atoms with Gasteiger partial charge in [0.05, 0.1) is 5.75 Å². The summed E-state index contributed by atoms with van der Waals surface area (Å²) < 4.78 is 30.4. The lowest BCUT2D eigenvalue weighted by atomic mass is 9.97. The maximum absolute atomic E-state index is 12.5. The van der Waals surface area contributed by atoms with E-state index in [9.17, 15) is 18.0 Å². The van der Waals surface area contributed by atoms with Gasteiger partial charge in [-0.2, -0.15) is 0 Å². The zero-order valence-electron chi connectivity index (χ0n) is 14.8. The summed E-state index contributed by atoms with van der Waals surface area (Å²) in [5, 5.41) is 3.66. The van der Waals surface area contributed by atoms with Crippen molar-refractivity contribution in [2.24, 2.45) is 5.92 Å². The molecular formula is C18H22N2O5S. The summed E-state index contributed by atoms with van der Waals surface area (Å²) in [7, 11) is -3.20. The molecular weight excluding hydrogens is 356 g/mol. The van der Waals surface area contributed by atoms with Crippen molar-refractivity contribution in [1.29, 1.82) is 0 Å². The summed E-state index contributed by atoms with van der Waals surface area (Å²) in [4.78, 5) is 24.0. The van der Waals surface area contributed by atoms with E-state index < -0.39 is 15.6 Å². The number of hydrogen-bond donors (Lipinski definition) is 1.